The van der Waals surface area contributed by atoms with Gasteiger partial charge in [0.1, 0.15) is 9.88 Å². The lowest BCUT2D eigenvalue weighted by Crippen LogP contribution is -2.23. The van der Waals surface area contributed by atoms with Crippen molar-refractivity contribution >= 4 is 33.8 Å². The van der Waals surface area contributed by atoms with Gasteiger partial charge in [0.15, 0.2) is 0 Å². The molecule has 1 aliphatic heterocycles. The van der Waals surface area contributed by atoms with Crippen LogP contribution < -0.4 is 16.4 Å². The number of anilines is 2. The van der Waals surface area contributed by atoms with Crippen molar-refractivity contribution in [2.24, 2.45) is 11.7 Å². The van der Waals surface area contributed by atoms with E-state index in [-0.39, 0.29) is 17.2 Å². The summed E-state index contributed by atoms with van der Waals surface area (Å²) in [7, 11) is 3.31. The molecule has 1 saturated heterocycles. The maximum atomic E-state index is 12.1. The summed E-state index contributed by atoms with van der Waals surface area (Å²) in [5.74, 6) is -0.216. The third-order valence-electron chi connectivity index (χ3n) is 3.48. The van der Waals surface area contributed by atoms with Gasteiger partial charge in [0.05, 0.1) is 11.3 Å². The van der Waals surface area contributed by atoms with E-state index >= 15 is 0 Å². The van der Waals surface area contributed by atoms with Crippen molar-refractivity contribution in [2.45, 2.75) is 13.3 Å². The molecule has 1 fully saturated rings. The van der Waals surface area contributed by atoms with Gasteiger partial charge in [0, 0.05) is 27.2 Å². The highest BCUT2D eigenvalue weighted by molar-refractivity contribution is 7.19. The van der Waals surface area contributed by atoms with Gasteiger partial charge in [0.2, 0.25) is 0 Å². The van der Waals surface area contributed by atoms with Crippen LogP contribution in [0.3, 0.4) is 0 Å². The maximum Gasteiger partial charge on any atom is 0.265 e. The van der Waals surface area contributed by atoms with Crippen molar-refractivity contribution in [3.05, 3.63) is 10.4 Å². The van der Waals surface area contributed by atoms with Gasteiger partial charge >= 0.3 is 0 Å². The van der Waals surface area contributed by atoms with Crippen LogP contribution in [0.15, 0.2) is 0 Å². The van der Waals surface area contributed by atoms with E-state index in [2.05, 4.69) is 11.8 Å². The molecule has 1 aromatic rings. The molecule has 1 aliphatic rings. The zero-order chi connectivity index (χ0) is 15.0. The molecular weight excluding hydrogens is 276 g/mol. The molecule has 20 heavy (non-hydrogen) atoms. The molecule has 2 heterocycles. The van der Waals surface area contributed by atoms with E-state index in [4.69, 9.17) is 11.5 Å². The van der Waals surface area contributed by atoms with Crippen LogP contribution in [0.25, 0.3) is 0 Å². The summed E-state index contributed by atoms with van der Waals surface area (Å²) in [6.45, 7) is 3.87. The van der Waals surface area contributed by atoms with Crippen molar-refractivity contribution < 1.29 is 9.59 Å². The number of carbonyl (C=O) groups excluding carboxylic acids is 2. The van der Waals surface area contributed by atoms with Gasteiger partial charge in [-0.25, -0.2) is 0 Å². The minimum atomic E-state index is -0.578. The second-order valence-electron chi connectivity index (χ2n) is 5.43. The molecule has 2 rings (SSSR count). The van der Waals surface area contributed by atoms with Gasteiger partial charge in [-0.2, -0.15) is 0 Å². The highest BCUT2D eigenvalue weighted by Gasteiger charge is 2.30. The Morgan fingerprint density at radius 2 is 2.05 bits per heavy atom. The standard InChI is InChI=1S/C13H20N4O2S/c1-7-4-5-17(6-7)13-8(11(15)18)9(14)10(20-13)12(19)16(2)3/h7H,4-6,14H2,1-3H3,(H2,15,18). The number of primary amides is 1. The van der Waals surface area contributed by atoms with E-state index in [1.54, 1.807) is 14.1 Å². The lowest BCUT2D eigenvalue weighted by molar-refractivity contribution is 0.0833. The fourth-order valence-corrected chi connectivity index (χ4v) is 3.66. The smallest absolute Gasteiger partial charge is 0.265 e. The van der Waals surface area contributed by atoms with E-state index in [0.717, 1.165) is 24.5 Å². The number of carbonyl (C=O) groups is 2. The number of nitrogens with zero attached hydrogens (tertiary/aromatic N) is 2. The lowest BCUT2D eigenvalue weighted by Gasteiger charge is -2.17. The van der Waals surface area contributed by atoms with Crippen molar-refractivity contribution in [3.8, 4) is 0 Å². The number of nitrogen functional groups attached to an aromatic ring is 1. The fourth-order valence-electron chi connectivity index (χ4n) is 2.37. The number of hydrogen-bond donors (Lipinski definition) is 2. The summed E-state index contributed by atoms with van der Waals surface area (Å²) in [6.07, 6.45) is 1.06. The van der Waals surface area contributed by atoms with Crippen LogP contribution in [0.4, 0.5) is 10.7 Å². The van der Waals surface area contributed by atoms with Crippen molar-refractivity contribution in [1.82, 2.24) is 4.90 Å². The first-order chi connectivity index (χ1) is 9.32. The summed E-state index contributed by atoms with van der Waals surface area (Å²) < 4.78 is 0. The zero-order valence-corrected chi connectivity index (χ0v) is 12.8. The van der Waals surface area contributed by atoms with Gasteiger partial charge in [-0.05, 0) is 12.3 Å². The van der Waals surface area contributed by atoms with Gasteiger partial charge in [0.25, 0.3) is 11.8 Å². The molecule has 0 aromatic carbocycles. The van der Waals surface area contributed by atoms with Gasteiger partial charge < -0.3 is 21.3 Å². The first-order valence-corrected chi connectivity index (χ1v) is 7.33. The molecule has 1 atom stereocenters. The molecule has 1 aromatic heterocycles. The Hall–Kier alpha value is -1.76. The average molecular weight is 296 g/mol. The van der Waals surface area contributed by atoms with Crippen molar-refractivity contribution in [2.75, 3.05) is 37.8 Å². The van der Waals surface area contributed by atoms with E-state index in [0.29, 0.717) is 10.8 Å². The summed E-state index contributed by atoms with van der Waals surface area (Å²) in [5.41, 5.74) is 11.9. The first-order valence-electron chi connectivity index (χ1n) is 6.51. The predicted molar refractivity (Wildman–Crippen MR) is 81.3 cm³/mol. The molecule has 4 N–H and O–H groups in total. The molecule has 0 bridgehead atoms. The van der Waals surface area contributed by atoms with Crippen LogP contribution in [-0.2, 0) is 0 Å². The fraction of sp³-hybridized carbons (Fsp3) is 0.538. The zero-order valence-electron chi connectivity index (χ0n) is 12.0. The largest absolute Gasteiger partial charge is 0.397 e. The van der Waals surface area contributed by atoms with Crippen LogP contribution >= 0.6 is 11.3 Å². The average Bonchev–Trinajstić information content (AvgIpc) is 2.91. The number of amides is 2. The van der Waals surface area contributed by atoms with Crippen LogP contribution in [0.1, 0.15) is 33.4 Å². The van der Waals surface area contributed by atoms with E-state index in [9.17, 15) is 9.59 Å². The van der Waals surface area contributed by atoms with Crippen LogP contribution in [0.2, 0.25) is 0 Å². The SMILES string of the molecule is CC1CCN(c2sc(C(=O)N(C)C)c(N)c2C(N)=O)C1. The molecule has 0 spiro atoms. The normalized spacial score (nSPS) is 18.4. The van der Waals surface area contributed by atoms with Gasteiger partial charge in [-0.1, -0.05) is 6.92 Å². The second-order valence-corrected chi connectivity index (χ2v) is 6.43. The number of nitrogens with two attached hydrogens (primary N) is 2. The Kier molecular flexibility index (Phi) is 3.89. The maximum absolute atomic E-state index is 12.1. The highest BCUT2D eigenvalue weighted by atomic mass is 32.1. The number of thiophene rings is 1. The highest BCUT2D eigenvalue weighted by Crippen LogP contribution is 2.40. The van der Waals surface area contributed by atoms with Crippen LogP contribution in [-0.4, -0.2) is 43.9 Å². The summed E-state index contributed by atoms with van der Waals surface area (Å²) in [4.78, 5) is 27.7. The van der Waals surface area contributed by atoms with Crippen molar-refractivity contribution in [3.63, 3.8) is 0 Å². The molecule has 0 saturated carbocycles. The molecule has 2 amide bonds. The summed E-state index contributed by atoms with van der Waals surface area (Å²) in [5, 5.41) is 0.726. The third kappa shape index (κ3) is 2.45. The number of hydrogen-bond acceptors (Lipinski definition) is 5. The third-order valence-corrected chi connectivity index (χ3v) is 4.74. The quantitative estimate of drug-likeness (QED) is 0.869. The second kappa shape index (κ2) is 5.32. The lowest BCUT2D eigenvalue weighted by atomic mass is 10.2. The summed E-state index contributed by atoms with van der Waals surface area (Å²) in [6, 6.07) is 0. The predicted octanol–water partition coefficient (Wildman–Crippen LogP) is 0.977. The molecule has 1 unspecified atom stereocenters. The number of rotatable bonds is 3. The van der Waals surface area contributed by atoms with E-state index < -0.39 is 5.91 Å². The Labute approximate surface area is 122 Å². The molecule has 6 nitrogen and oxygen atoms in total. The molecular formula is C13H20N4O2S. The topological polar surface area (TPSA) is 92.7 Å². The molecule has 0 aliphatic carbocycles. The Morgan fingerprint density at radius 1 is 1.40 bits per heavy atom. The van der Waals surface area contributed by atoms with Gasteiger partial charge in [-0.3, -0.25) is 9.59 Å². The van der Waals surface area contributed by atoms with Crippen molar-refractivity contribution in [1.29, 1.82) is 0 Å². The molecule has 0 radical (unpaired) electrons. The first kappa shape index (κ1) is 14.6. The molecule has 7 heteroatoms. The van der Waals surface area contributed by atoms with Crippen LogP contribution in [0, 0.1) is 5.92 Å². The Bertz CT molecular complexity index is 553. The van der Waals surface area contributed by atoms with E-state index in [1.807, 2.05) is 0 Å². The Balaban J connectivity index is 2.48. The minimum Gasteiger partial charge on any atom is -0.397 e. The van der Waals surface area contributed by atoms with E-state index in [1.165, 1.54) is 16.2 Å². The minimum absolute atomic E-state index is 0.200. The van der Waals surface area contributed by atoms with Gasteiger partial charge in [-0.15, -0.1) is 11.3 Å². The monoisotopic (exact) mass is 296 g/mol. The van der Waals surface area contributed by atoms with Crippen LogP contribution in [0.5, 0.6) is 0 Å². The Morgan fingerprint density at radius 3 is 2.50 bits per heavy atom. The molecule has 110 valence electrons. The summed E-state index contributed by atoms with van der Waals surface area (Å²) >= 11 is 1.26.